The summed E-state index contributed by atoms with van der Waals surface area (Å²) < 4.78 is 11.4. The van der Waals surface area contributed by atoms with Crippen LogP contribution in [0.1, 0.15) is 51.5 Å². The van der Waals surface area contributed by atoms with E-state index >= 15 is 0 Å². The molecule has 1 aliphatic heterocycles. The highest BCUT2D eigenvalue weighted by Gasteiger charge is 2.27. The lowest BCUT2D eigenvalue weighted by Crippen LogP contribution is -2.42. The molecule has 0 aromatic carbocycles. The van der Waals surface area contributed by atoms with E-state index in [2.05, 4.69) is 24.4 Å². The van der Waals surface area contributed by atoms with Crippen LogP contribution in [0.25, 0.3) is 0 Å². The Morgan fingerprint density at radius 2 is 2.09 bits per heavy atom. The normalized spacial score (nSPS) is 18.3. The van der Waals surface area contributed by atoms with Gasteiger partial charge in [0.2, 0.25) is 0 Å². The second-order valence-corrected chi connectivity index (χ2v) is 7.88. The summed E-state index contributed by atoms with van der Waals surface area (Å²) in [6, 6.07) is 4.17. The third-order valence-electron chi connectivity index (χ3n) is 3.79. The number of ether oxygens (including phenoxy) is 2. The first-order chi connectivity index (χ1) is 10.3. The molecule has 0 bridgehead atoms. The van der Waals surface area contributed by atoms with Crippen molar-refractivity contribution in [2.24, 2.45) is 5.92 Å². The Morgan fingerprint density at radius 1 is 1.41 bits per heavy atom. The van der Waals surface area contributed by atoms with E-state index in [9.17, 15) is 4.79 Å². The first kappa shape index (κ1) is 17.3. The van der Waals surface area contributed by atoms with Crippen molar-refractivity contribution in [3.63, 3.8) is 0 Å². The minimum atomic E-state index is -0.423. The van der Waals surface area contributed by atoms with E-state index in [1.54, 1.807) is 11.3 Å². The van der Waals surface area contributed by atoms with Crippen LogP contribution < -0.4 is 0 Å². The molecule has 1 saturated heterocycles. The molecule has 1 amide bonds. The molecule has 1 aliphatic rings. The molecule has 0 spiro atoms. The zero-order valence-electron chi connectivity index (χ0n) is 14.0. The maximum absolute atomic E-state index is 12.0. The largest absolute Gasteiger partial charge is 0.444 e. The van der Waals surface area contributed by atoms with Gasteiger partial charge in [-0.3, -0.25) is 0 Å². The molecule has 2 rings (SSSR count). The highest BCUT2D eigenvalue weighted by molar-refractivity contribution is 7.10. The predicted molar refractivity (Wildman–Crippen MR) is 89.2 cm³/mol. The summed E-state index contributed by atoms with van der Waals surface area (Å²) in [5, 5.41) is 2.08. The summed E-state index contributed by atoms with van der Waals surface area (Å²) in [7, 11) is 0. The van der Waals surface area contributed by atoms with E-state index in [1.165, 1.54) is 4.88 Å². The molecule has 124 valence electrons. The molecule has 2 heterocycles. The number of carbonyl (C=O) groups excluding carboxylic acids is 1. The van der Waals surface area contributed by atoms with Crippen LogP contribution in [0.3, 0.4) is 0 Å². The van der Waals surface area contributed by atoms with Crippen molar-refractivity contribution in [3.8, 4) is 0 Å². The third kappa shape index (κ3) is 5.29. The molecule has 5 heteroatoms. The van der Waals surface area contributed by atoms with Crippen molar-refractivity contribution in [3.05, 3.63) is 22.4 Å². The highest BCUT2D eigenvalue weighted by Crippen LogP contribution is 2.25. The Hall–Kier alpha value is -1.07. The summed E-state index contributed by atoms with van der Waals surface area (Å²) in [4.78, 5) is 15.1. The Balaban J connectivity index is 1.70. The molecular weight excluding hydrogens is 298 g/mol. The molecule has 0 saturated carbocycles. The Bertz CT molecular complexity index is 459. The minimum absolute atomic E-state index is 0.156. The number of nitrogens with zero attached hydrogens (tertiary/aromatic N) is 1. The number of hydrogen-bond acceptors (Lipinski definition) is 4. The molecule has 0 aliphatic carbocycles. The van der Waals surface area contributed by atoms with E-state index in [0.717, 1.165) is 32.5 Å². The van der Waals surface area contributed by atoms with E-state index in [1.807, 2.05) is 25.7 Å². The van der Waals surface area contributed by atoms with Crippen LogP contribution in [-0.4, -0.2) is 36.3 Å². The van der Waals surface area contributed by atoms with E-state index in [-0.39, 0.29) is 12.2 Å². The van der Waals surface area contributed by atoms with E-state index in [4.69, 9.17) is 9.47 Å². The first-order valence-electron chi connectivity index (χ1n) is 7.98. The van der Waals surface area contributed by atoms with Gasteiger partial charge in [-0.2, -0.15) is 0 Å². The van der Waals surface area contributed by atoms with Gasteiger partial charge in [0.25, 0.3) is 0 Å². The van der Waals surface area contributed by atoms with Crippen LogP contribution in [0.15, 0.2) is 17.5 Å². The average Bonchev–Trinajstić information content (AvgIpc) is 2.97. The van der Waals surface area contributed by atoms with Gasteiger partial charge in [0, 0.05) is 18.0 Å². The summed E-state index contributed by atoms with van der Waals surface area (Å²) >= 11 is 1.73. The fourth-order valence-electron chi connectivity index (χ4n) is 2.49. The molecule has 22 heavy (non-hydrogen) atoms. The van der Waals surface area contributed by atoms with Crippen molar-refractivity contribution in [1.29, 1.82) is 0 Å². The summed E-state index contributed by atoms with van der Waals surface area (Å²) in [6.45, 7) is 10.1. The lowest BCUT2D eigenvalue weighted by molar-refractivity contribution is 0.00201. The number of amides is 1. The zero-order chi connectivity index (χ0) is 16.2. The second kappa shape index (κ2) is 7.47. The summed E-state index contributed by atoms with van der Waals surface area (Å²) in [5.41, 5.74) is -0.423. The maximum atomic E-state index is 12.0. The quantitative estimate of drug-likeness (QED) is 0.819. The Labute approximate surface area is 137 Å². The van der Waals surface area contributed by atoms with Crippen LogP contribution in [0.2, 0.25) is 0 Å². The smallest absolute Gasteiger partial charge is 0.410 e. The number of rotatable bonds is 4. The van der Waals surface area contributed by atoms with Gasteiger partial charge in [-0.1, -0.05) is 6.07 Å². The van der Waals surface area contributed by atoms with Crippen LogP contribution in [0.4, 0.5) is 4.79 Å². The standard InChI is InChI=1S/C17H27NO3S/c1-13(15-6-5-11-22-15)20-12-14-7-9-18(10-8-14)16(19)21-17(2,3)4/h5-6,11,13-14H,7-10,12H2,1-4H3. The Kier molecular flexibility index (Phi) is 5.87. The van der Waals surface area contributed by atoms with Gasteiger partial charge in [0.1, 0.15) is 5.60 Å². The van der Waals surface area contributed by atoms with Crippen LogP contribution in [0, 0.1) is 5.92 Å². The fraction of sp³-hybridized carbons (Fsp3) is 0.706. The van der Waals surface area contributed by atoms with Gasteiger partial charge < -0.3 is 14.4 Å². The summed E-state index contributed by atoms with van der Waals surface area (Å²) in [6.07, 6.45) is 1.93. The van der Waals surface area contributed by atoms with Crippen molar-refractivity contribution in [2.75, 3.05) is 19.7 Å². The topological polar surface area (TPSA) is 38.8 Å². The molecule has 1 atom stereocenters. The number of hydrogen-bond donors (Lipinski definition) is 0. The lowest BCUT2D eigenvalue weighted by Gasteiger charge is -2.33. The molecule has 0 N–H and O–H groups in total. The van der Waals surface area contributed by atoms with Crippen molar-refractivity contribution < 1.29 is 14.3 Å². The number of likely N-dealkylation sites (tertiary alicyclic amines) is 1. The molecule has 1 aromatic heterocycles. The Morgan fingerprint density at radius 3 is 2.64 bits per heavy atom. The van der Waals surface area contributed by atoms with Gasteiger partial charge in [-0.25, -0.2) is 4.79 Å². The van der Waals surface area contributed by atoms with E-state index < -0.39 is 5.60 Å². The highest BCUT2D eigenvalue weighted by atomic mass is 32.1. The van der Waals surface area contributed by atoms with Crippen molar-refractivity contribution >= 4 is 17.4 Å². The predicted octanol–water partition coefficient (Wildman–Crippen LogP) is 4.47. The molecular formula is C17H27NO3S. The monoisotopic (exact) mass is 325 g/mol. The van der Waals surface area contributed by atoms with E-state index in [0.29, 0.717) is 5.92 Å². The molecule has 1 unspecified atom stereocenters. The third-order valence-corrected chi connectivity index (χ3v) is 4.83. The SMILES string of the molecule is CC(OCC1CCN(C(=O)OC(C)(C)C)CC1)c1cccs1. The first-order valence-corrected chi connectivity index (χ1v) is 8.86. The van der Waals surface area contributed by atoms with Crippen LogP contribution >= 0.6 is 11.3 Å². The minimum Gasteiger partial charge on any atom is -0.444 e. The van der Waals surface area contributed by atoms with Gasteiger partial charge in [-0.05, 0) is 57.9 Å². The van der Waals surface area contributed by atoms with Crippen molar-refractivity contribution in [2.45, 2.75) is 52.2 Å². The van der Waals surface area contributed by atoms with Crippen LogP contribution in [0.5, 0.6) is 0 Å². The molecule has 1 aromatic rings. The van der Waals surface area contributed by atoms with Gasteiger partial charge >= 0.3 is 6.09 Å². The summed E-state index contributed by atoms with van der Waals surface area (Å²) in [5.74, 6) is 0.529. The van der Waals surface area contributed by atoms with Crippen LogP contribution in [-0.2, 0) is 9.47 Å². The molecule has 4 nitrogen and oxygen atoms in total. The average molecular weight is 325 g/mol. The van der Waals surface area contributed by atoms with Gasteiger partial charge in [0.15, 0.2) is 0 Å². The number of thiophene rings is 1. The van der Waals surface area contributed by atoms with Gasteiger partial charge in [-0.15, -0.1) is 11.3 Å². The molecule has 1 fully saturated rings. The number of piperidine rings is 1. The van der Waals surface area contributed by atoms with Gasteiger partial charge in [0.05, 0.1) is 12.7 Å². The number of carbonyl (C=O) groups is 1. The fourth-order valence-corrected chi connectivity index (χ4v) is 3.22. The molecule has 0 radical (unpaired) electrons. The second-order valence-electron chi connectivity index (χ2n) is 6.90. The maximum Gasteiger partial charge on any atom is 0.410 e. The van der Waals surface area contributed by atoms with Crippen molar-refractivity contribution in [1.82, 2.24) is 4.90 Å². The lowest BCUT2D eigenvalue weighted by atomic mass is 9.98. The zero-order valence-corrected chi connectivity index (χ0v) is 14.8.